The molecule has 3 heterocycles. The Morgan fingerprint density at radius 3 is 2.60 bits per heavy atom. The molecule has 5 aromatic rings. The predicted molar refractivity (Wildman–Crippen MR) is 168 cm³/mol. The number of aromatic nitrogens is 1. The summed E-state index contributed by atoms with van der Waals surface area (Å²) in [6.45, 7) is 0. The summed E-state index contributed by atoms with van der Waals surface area (Å²) in [5.74, 6) is 0.797. The molecule has 2 aliphatic rings. The number of nitrogens with zero attached hydrogens (tertiary/aromatic N) is 3. The van der Waals surface area contributed by atoms with Crippen LogP contribution in [0.1, 0.15) is 34.9 Å². The van der Waals surface area contributed by atoms with Crippen LogP contribution >= 0.6 is 50.5 Å². The number of benzene rings is 3. The average Bonchev–Trinajstić information content (AvgIpc) is 3.57. The Morgan fingerprint density at radius 2 is 1.81 bits per heavy atom. The Bertz CT molecular complexity index is 2150. The normalized spacial score (nSPS) is 16.1. The molecule has 0 unspecified atom stereocenters. The quantitative estimate of drug-likeness (QED) is 0.145. The van der Waals surface area contributed by atoms with E-state index in [1.807, 2.05) is 36.4 Å². The molecule has 7 nitrogen and oxygen atoms in total. The second-order valence-corrected chi connectivity index (χ2v) is 12.6. The molecule has 0 amide bonds. The van der Waals surface area contributed by atoms with Gasteiger partial charge >= 0.3 is 0 Å². The average molecular weight is 679 g/mol. The van der Waals surface area contributed by atoms with Crippen molar-refractivity contribution in [2.45, 2.75) is 18.9 Å². The molecule has 0 fully saturated rings. The molecule has 0 N–H and O–H groups in total. The van der Waals surface area contributed by atoms with Gasteiger partial charge in [-0.3, -0.25) is 19.5 Å². The van der Waals surface area contributed by atoms with E-state index in [4.69, 9.17) is 32.6 Å². The Balaban J connectivity index is 1.36. The third-order valence-corrected chi connectivity index (χ3v) is 9.58. The molecule has 0 spiro atoms. The zero-order valence-electron chi connectivity index (χ0n) is 21.5. The van der Waals surface area contributed by atoms with Gasteiger partial charge in [0.15, 0.2) is 4.80 Å². The molecule has 1 aliphatic heterocycles. The summed E-state index contributed by atoms with van der Waals surface area (Å²) >= 11 is 17.3. The third kappa shape index (κ3) is 4.57. The summed E-state index contributed by atoms with van der Waals surface area (Å²) in [4.78, 5) is 30.2. The number of thiazole rings is 1. The van der Waals surface area contributed by atoms with E-state index in [1.165, 1.54) is 29.0 Å². The van der Waals surface area contributed by atoms with Gasteiger partial charge in [-0.1, -0.05) is 86.9 Å². The molecule has 3 aromatic carbocycles. The number of nitro groups is 1. The minimum Gasteiger partial charge on any atom is -0.457 e. The van der Waals surface area contributed by atoms with Gasteiger partial charge in [0.2, 0.25) is 0 Å². The second kappa shape index (κ2) is 10.5. The van der Waals surface area contributed by atoms with Gasteiger partial charge in [-0.15, -0.1) is 0 Å². The van der Waals surface area contributed by atoms with Crippen LogP contribution < -0.4 is 14.9 Å². The number of fused-ring (bicyclic) bond motifs is 3. The molecule has 7 rings (SSSR count). The number of rotatable bonds is 4. The lowest BCUT2D eigenvalue weighted by molar-refractivity contribution is -0.384. The van der Waals surface area contributed by atoms with Gasteiger partial charge in [-0.05, 0) is 59.9 Å². The van der Waals surface area contributed by atoms with Crippen molar-refractivity contribution in [3.8, 4) is 11.3 Å². The summed E-state index contributed by atoms with van der Waals surface area (Å²) in [7, 11) is 0. The van der Waals surface area contributed by atoms with Crippen molar-refractivity contribution in [2.24, 2.45) is 4.99 Å². The van der Waals surface area contributed by atoms with Gasteiger partial charge in [0, 0.05) is 27.7 Å². The number of allylic oxidation sites excluding steroid dienone is 1. The minimum absolute atomic E-state index is 0.0517. The van der Waals surface area contributed by atoms with Crippen molar-refractivity contribution in [3.05, 3.63) is 145 Å². The van der Waals surface area contributed by atoms with Crippen molar-refractivity contribution in [2.75, 3.05) is 0 Å². The number of hydrogen-bond acceptors (Lipinski definition) is 6. The molecular formula is C31H18BrCl2N3O4S. The first-order chi connectivity index (χ1) is 20.3. The summed E-state index contributed by atoms with van der Waals surface area (Å²) in [5.41, 5.74) is 5.39. The van der Waals surface area contributed by atoms with Crippen LogP contribution in [0.15, 0.2) is 97.0 Å². The predicted octanol–water partition coefficient (Wildman–Crippen LogP) is 7.56. The molecule has 0 radical (unpaired) electrons. The number of hydrogen-bond donors (Lipinski definition) is 0. The molecule has 11 heteroatoms. The molecule has 1 aliphatic carbocycles. The fraction of sp³-hybridized carbons (Fsp3) is 0.0968. The summed E-state index contributed by atoms with van der Waals surface area (Å²) in [5, 5.41) is 11.3. The zero-order chi connectivity index (χ0) is 29.1. The Hall–Kier alpha value is -3.76. The summed E-state index contributed by atoms with van der Waals surface area (Å²) < 4.78 is 9.22. The van der Waals surface area contributed by atoms with Gasteiger partial charge < -0.3 is 4.42 Å². The molecular weight excluding hydrogens is 661 g/mol. The maximum absolute atomic E-state index is 14.0. The van der Waals surface area contributed by atoms with Gasteiger partial charge in [0.25, 0.3) is 11.2 Å². The van der Waals surface area contributed by atoms with E-state index < -0.39 is 4.92 Å². The topological polar surface area (TPSA) is 90.6 Å². The molecule has 0 saturated heterocycles. The molecule has 208 valence electrons. The van der Waals surface area contributed by atoms with Gasteiger partial charge in [-0.2, -0.15) is 0 Å². The number of nitro benzene ring substituents is 1. The summed E-state index contributed by atoms with van der Waals surface area (Å²) in [6, 6.07) is 22.1. The SMILES string of the molecule is O=c1/c(=C/c2ccc(-c3cc(Cl)c([N+](=O)[O-])cc3Cl)o2)sc2n1[C@@H](c1ccc(Br)cc1)C1=C(N=2)c2ccccc2CC1. The fourth-order valence-corrected chi connectivity index (χ4v) is 7.27. The summed E-state index contributed by atoms with van der Waals surface area (Å²) in [6.07, 6.45) is 3.37. The van der Waals surface area contributed by atoms with Crippen LogP contribution in [0.25, 0.3) is 23.1 Å². The molecule has 1 atom stereocenters. The highest BCUT2D eigenvalue weighted by Crippen LogP contribution is 2.41. The van der Waals surface area contributed by atoms with Crippen molar-refractivity contribution in [1.29, 1.82) is 0 Å². The van der Waals surface area contributed by atoms with Crippen LogP contribution in [0.5, 0.6) is 0 Å². The first kappa shape index (κ1) is 27.1. The van der Waals surface area contributed by atoms with E-state index in [0.717, 1.165) is 39.7 Å². The standard InChI is InChI=1S/C31H18BrCl2N3O4S/c32-18-8-5-17(6-9-18)29-21-11-7-16-3-1-2-4-20(16)28(21)35-31-36(29)30(38)27(42-31)13-19-10-12-26(41-19)22-14-24(34)25(37(39)40)15-23(22)33/h1-6,8-10,12-15,29H,7,11H2/b27-13-/t29-/m0/s1. The lowest BCUT2D eigenvalue weighted by Crippen LogP contribution is -2.38. The molecule has 2 aromatic heterocycles. The number of halogens is 3. The number of aryl methyl sites for hydroxylation is 1. The van der Waals surface area contributed by atoms with Crippen molar-refractivity contribution in [3.63, 3.8) is 0 Å². The van der Waals surface area contributed by atoms with E-state index in [1.54, 1.807) is 22.8 Å². The third-order valence-electron chi connectivity index (χ3n) is 7.46. The first-order valence-corrected chi connectivity index (χ1v) is 15.3. The van der Waals surface area contributed by atoms with Crippen LogP contribution in [-0.4, -0.2) is 9.49 Å². The highest BCUT2D eigenvalue weighted by atomic mass is 79.9. The maximum atomic E-state index is 14.0. The van der Waals surface area contributed by atoms with Gasteiger partial charge in [-0.25, -0.2) is 4.99 Å². The van der Waals surface area contributed by atoms with E-state index in [-0.39, 0.29) is 27.3 Å². The van der Waals surface area contributed by atoms with Crippen molar-refractivity contribution in [1.82, 2.24) is 4.57 Å². The van der Waals surface area contributed by atoms with Crippen molar-refractivity contribution >= 4 is 67.9 Å². The monoisotopic (exact) mass is 677 g/mol. The van der Waals surface area contributed by atoms with E-state index in [9.17, 15) is 14.9 Å². The number of furan rings is 1. The first-order valence-electron chi connectivity index (χ1n) is 12.9. The van der Waals surface area contributed by atoms with Crippen LogP contribution in [0.2, 0.25) is 10.0 Å². The largest absolute Gasteiger partial charge is 0.457 e. The zero-order valence-corrected chi connectivity index (χ0v) is 25.4. The maximum Gasteiger partial charge on any atom is 0.289 e. The van der Waals surface area contributed by atoms with Crippen LogP contribution in [-0.2, 0) is 6.42 Å². The Labute approximate surface area is 261 Å². The Morgan fingerprint density at radius 1 is 1.02 bits per heavy atom. The highest BCUT2D eigenvalue weighted by molar-refractivity contribution is 9.10. The van der Waals surface area contributed by atoms with Gasteiger partial charge in [0.1, 0.15) is 16.5 Å². The smallest absolute Gasteiger partial charge is 0.289 e. The molecule has 42 heavy (non-hydrogen) atoms. The van der Waals surface area contributed by atoms with Crippen LogP contribution in [0, 0.1) is 10.1 Å². The van der Waals surface area contributed by atoms with E-state index >= 15 is 0 Å². The van der Waals surface area contributed by atoms with Crippen molar-refractivity contribution < 1.29 is 9.34 Å². The Kier molecular flexibility index (Phi) is 6.78. The lowest BCUT2D eigenvalue weighted by Gasteiger charge is -2.30. The second-order valence-electron chi connectivity index (χ2n) is 9.91. The lowest BCUT2D eigenvalue weighted by atomic mass is 9.83. The van der Waals surface area contributed by atoms with Crippen LogP contribution in [0.4, 0.5) is 5.69 Å². The van der Waals surface area contributed by atoms with E-state index in [0.29, 0.717) is 26.4 Å². The fourth-order valence-electron chi connectivity index (χ4n) is 5.54. The van der Waals surface area contributed by atoms with Crippen LogP contribution in [0.3, 0.4) is 0 Å². The highest BCUT2D eigenvalue weighted by Gasteiger charge is 2.32. The molecule has 0 bridgehead atoms. The van der Waals surface area contributed by atoms with E-state index in [2.05, 4.69) is 28.1 Å². The minimum atomic E-state index is -0.594. The molecule has 0 saturated carbocycles. The van der Waals surface area contributed by atoms with Gasteiger partial charge in [0.05, 0.1) is 26.2 Å².